The first-order valence-electron chi connectivity index (χ1n) is 7.77. The summed E-state index contributed by atoms with van der Waals surface area (Å²) in [6.07, 6.45) is 4.58. The Morgan fingerprint density at radius 2 is 1.91 bits per heavy atom. The van der Waals surface area contributed by atoms with E-state index < -0.39 is 16.8 Å². The fourth-order valence-electron chi connectivity index (χ4n) is 2.29. The van der Waals surface area contributed by atoms with Gasteiger partial charge >= 0.3 is 5.69 Å². The molecule has 0 bridgehead atoms. The first kappa shape index (κ1) is 20.1. The van der Waals surface area contributed by atoms with Gasteiger partial charge in [0.25, 0.3) is 5.56 Å². The number of methoxy groups -OCH3 is 1. The molecule has 1 aromatic rings. The number of alkyl halides is 2. The molecule has 0 aliphatic rings. The molecule has 0 saturated heterocycles. The zero-order chi connectivity index (χ0) is 17.2. The number of hydrogen-bond donors (Lipinski definition) is 1. The van der Waals surface area contributed by atoms with E-state index in [1.807, 2.05) is 0 Å². The maximum atomic E-state index is 12.4. The molecule has 1 unspecified atom stereocenters. The Hall–Kier alpha value is -0.980. The van der Waals surface area contributed by atoms with Crippen molar-refractivity contribution in [1.29, 1.82) is 0 Å². The van der Waals surface area contributed by atoms with Crippen molar-refractivity contribution in [2.45, 2.75) is 50.6 Å². The first-order valence-corrected chi connectivity index (χ1v) is 8.74. The number of nitrogens with zero attached hydrogens (tertiary/aromatic N) is 2. The first-order chi connectivity index (χ1) is 11.0. The van der Waals surface area contributed by atoms with Crippen LogP contribution in [0.2, 0.25) is 0 Å². The van der Waals surface area contributed by atoms with Gasteiger partial charge in [0, 0.05) is 26.1 Å². The van der Waals surface area contributed by atoms with E-state index in [0.29, 0.717) is 31.9 Å². The Bertz CT molecular complexity index is 586. The van der Waals surface area contributed by atoms with E-state index in [0.717, 1.165) is 36.3 Å². The molecule has 8 heteroatoms. The highest BCUT2D eigenvalue weighted by Gasteiger charge is 2.16. The summed E-state index contributed by atoms with van der Waals surface area (Å²) in [4.78, 5) is 24.4. The van der Waals surface area contributed by atoms with Crippen LogP contribution in [0.1, 0.15) is 44.0 Å². The zero-order valence-corrected chi connectivity index (χ0v) is 14.9. The van der Waals surface area contributed by atoms with Crippen LogP contribution < -0.4 is 11.2 Å². The molecule has 132 valence electrons. The molecule has 0 aliphatic heterocycles. The molecule has 0 saturated carbocycles. The molecule has 0 amide bonds. The van der Waals surface area contributed by atoms with Crippen LogP contribution in [-0.4, -0.2) is 33.8 Å². The fourth-order valence-corrected chi connectivity index (χ4v) is 2.81. The van der Waals surface area contributed by atoms with E-state index in [2.05, 4.69) is 0 Å². The second-order valence-electron chi connectivity index (χ2n) is 5.32. The Kier molecular flexibility index (Phi) is 9.36. The highest BCUT2D eigenvalue weighted by Crippen LogP contribution is 2.16. The molecule has 0 radical (unpaired) electrons. The molecule has 1 aromatic heterocycles. The second-order valence-corrected chi connectivity index (χ2v) is 6.20. The van der Waals surface area contributed by atoms with Crippen molar-refractivity contribution in [3.8, 4) is 5.88 Å². The van der Waals surface area contributed by atoms with Gasteiger partial charge < -0.3 is 9.84 Å². The van der Waals surface area contributed by atoms with E-state index in [1.54, 1.807) is 7.11 Å². The number of aromatic hydroxyl groups is 1. The standard InChI is InChI=1S/C15H24Cl2N2O4/c1-23-10-6-7-12(17)19-14(21)11-13(20)18(15(19)22)9-5-3-2-4-8-16/h11-12,20H,2-10H2,1H3. The van der Waals surface area contributed by atoms with E-state index >= 15 is 0 Å². The largest absolute Gasteiger partial charge is 0.494 e. The van der Waals surface area contributed by atoms with Crippen LogP contribution in [0, 0.1) is 0 Å². The summed E-state index contributed by atoms with van der Waals surface area (Å²) in [6, 6.07) is 1.03. The van der Waals surface area contributed by atoms with E-state index in [-0.39, 0.29) is 5.88 Å². The monoisotopic (exact) mass is 366 g/mol. The lowest BCUT2D eigenvalue weighted by Crippen LogP contribution is -2.40. The van der Waals surface area contributed by atoms with Crippen LogP contribution in [0.15, 0.2) is 15.7 Å². The highest BCUT2D eigenvalue weighted by atomic mass is 35.5. The Labute approximate surface area is 145 Å². The van der Waals surface area contributed by atoms with Gasteiger partial charge in [0.2, 0.25) is 5.88 Å². The van der Waals surface area contributed by atoms with Crippen LogP contribution >= 0.6 is 23.2 Å². The molecule has 0 fully saturated rings. The van der Waals surface area contributed by atoms with Crippen molar-refractivity contribution >= 4 is 23.2 Å². The van der Waals surface area contributed by atoms with Crippen LogP contribution in [0.3, 0.4) is 0 Å². The number of rotatable bonds is 11. The minimum absolute atomic E-state index is 0.325. The van der Waals surface area contributed by atoms with Gasteiger partial charge in [-0.05, 0) is 25.7 Å². The lowest BCUT2D eigenvalue weighted by atomic mass is 10.2. The summed E-state index contributed by atoms with van der Waals surface area (Å²) in [5, 5.41) is 9.86. The summed E-state index contributed by atoms with van der Waals surface area (Å²) >= 11 is 11.8. The maximum Gasteiger partial charge on any atom is 0.335 e. The summed E-state index contributed by atoms with van der Waals surface area (Å²) in [7, 11) is 1.58. The van der Waals surface area contributed by atoms with Crippen LogP contribution in [0.25, 0.3) is 0 Å². The summed E-state index contributed by atoms with van der Waals surface area (Å²) < 4.78 is 7.11. The predicted molar refractivity (Wildman–Crippen MR) is 91.8 cm³/mol. The molecular weight excluding hydrogens is 343 g/mol. The molecule has 1 heterocycles. The lowest BCUT2D eigenvalue weighted by molar-refractivity contribution is 0.190. The summed E-state index contributed by atoms with van der Waals surface area (Å²) in [6.45, 7) is 0.847. The average molecular weight is 367 g/mol. The topological polar surface area (TPSA) is 73.5 Å². The van der Waals surface area contributed by atoms with Crippen molar-refractivity contribution < 1.29 is 9.84 Å². The zero-order valence-electron chi connectivity index (χ0n) is 13.3. The molecular formula is C15H24Cl2N2O4. The number of hydrogen-bond acceptors (Lipinski definition) is 4. The van der Waals surface area contributed by atoms with Crippen LogP contribution in [0.5, 0.6) is 5.88 Å². The Morgan fingerprint density at radius 1 is 1.22 bits per heavy atom. The van der Waals surface area contributed by atoms with Crippen molar-refractivity contribution in [2.75, 3.05) is 19.6 Å². The molecule has 0 spiro atoms. The van der Waals surface area contributed by atoms with Crippen molar-refractivity contribution in [2.24, 2.45) is 0 Å². The third kappa shape index (κ3) is 6.20. The third-order valence-corrected chi connectivity index (χ3v) is 4.22. The maximum absolute atomic E-state index is 12.4. The third-order valence-electron chi connectivity index (χ3n) is 3.54. The summed E-state index contributed by atoms with van der Waals surface area (Å²) in [5.41, 5.74) is -1.93. The fraction of sp³-hybridized carbons (Fsp3) is 0.733. The molecule has 1 rings (SSSR count). The van der Waals surface area contributed by atoms with Gasteiger partial charge in [-0.15, -0.1) is 11.6 Å². The Balaban J connectivity index is 2.85. The minimum atomic E-state index is -0.756. The van der Waals surface area contributed by atoms with Gasteiger partial charge in [-0.1, -0.05) is 24.4 Å². The highest BCUT2D eigenvalue weighted by molar-refractivity contribution is 6.19. The van der Waals surface area contributed by atoms with E-state index in [4.69, 9.17) is 27.9 Å². The molecule has 0 aliphatic carbocycles. The quantitative estimate of drug-likeness (QED) is 0.482. The Morgan fingerprint density at radius 3 is 2.57 bits per heavy atom. The van der Waals surface area contributed by atoms with E-state index in [9.17, 15) is 14.7 Å². The van der Waals surface area contributed by atoms with Crippen molar-refractivity contribution in [3.63, 3.8) is 0 Å². The average Bonchev–Trinajstić information content (AvgIpc) is 2.50. The van der Waals surface area contributed by atoms with Crippen molar-refractivity contribution in [1.82, 2.24) is 9.13 Å². The smallest absolute Gasteiger partial charge is 0.335 e. The lowest BCUT2D eigenvalue weighted by Gasteiger charge is -2.15. The molecule has 1 N–H and O–H groups in total. The van der Waals surface area contributed by atoms with Crippen LogP contribution in [-0.2, 0) is 11.3 Å². The van der Waals surface area contributed by atoms with Gasteiger partial charge in [-0.3, -0.25) is 9.36 Å². The summed E-state index contributed by atoms with van der Waals surface area (Å²) in [5.74, 6) is 0.292. The van der Waals surface area contributed by atoms with Gasteiger partial charge in [0.1, 0.15) is 5.50 Å². The van der Waals surface area contributed by atoms with Gasteiger partial charge in [-0.25, -0.2) is 9.36 Å². The van der Waals surface area contributed by atoms with Gasteiger partial charge in [0.15, 0.2) is 0 Å². The van der Waals surface area contributed by atoms with Gasteiger partial charge in [0.05, 0.1) is 6.07 Å². The number of unbranched alkanes of at least 4 members (excludes halogenated alkanes) is 3. The SMILES string of the molecule is COCCCC(Cl)n1c(=O)cc(O)n(CCCCCCCl)c1=O. The number of ether oxygens (including phenoxy) is 1. The number of halogens is 2. The van der Waals surface area contributed by atoms with Crippen LogP contribution in [0.4, 0.5) is 0 Å². The van der Waals surface area contributed by atoms with Crippen molar-refractivity contribution in [3.05, 3.63) is 26.9 Å². The van der Waals surface area contributed by atoms with Gasteiger partial charge in [-0.2, -0.15) is 0 Å². The minimum Gasteiger partial charge on any atom is -0.494 e. The van der Waals surface area contributed by atoms with E-state index in [1.165, 1.54) is 4.57 Å². The molecule has 1 atom stereocenters. The normalized spacial score (nSPS) is 12.5. The molecule has 23 heavy (non-hydrogen) atoms. The molecule has 6 nitrogen and oxygen atoms in total. The second kappa shape index (κ2) is 10.7. The number of aromatic nitrogens is 2. The predicted octanol–water partition coefficient (Wildman–Crippen LogP) is 2.68. The molecule has 0 aromatic carbocycles.